The zero-order valence-corrected chi connectivity index (χ0v) is 9.54. The molecule has 0 aromatic heterocycles. The summed E-state index contributed by atoms with van der Waals surface area (Å²) in [6.07, 6.45) is 0.0319. The molecule has 1 rings (SSSR count). The number of methoxy groups -OCH3 is 1. The van der Waals surface area contributed by atoms with Crippen LogP contribution in [0.3, 0.4) is 0 Å². The summed E-state index contributed by atoms with van der Waals surface area (Å²) in [7, 11) is 1.53. The largest absolute Gasteiger partial charge is 0.382 e. The molecule has 0 heterocycles. The normalized spacial score (nSPS) is 10.5. The van der Waals surface area contributed by atoms with Crippen molar-refractivity contribution in [2.45, 2.75) is 6.42 Å². The minimum absolute atomic E-state index is 0.0319. The van der Waals surface area contributed by atoms with Crippen molar-refractivity contribution in [2.75, 3.05) is 26.9 Å². The standard InChI is InChI=1S/C12H14F2O3/c1-16-4-5-17-8-10(15)6-9-2-3-11(13)12(14)7-9/h2-3,7H,4-6,8H2,1H3. The van der Waals surface area contributed by atoms with Crippen molar-refractivity contribution in [1.29, 1.82) is 0 Å². The maximum Gasteiger partial charge on any atom is 0.162 e. The number of halogens is 2. The molecular weight excluding hydrogens is 230 g/mol. The lowest BCUT2D eigenvalue weighted by Crippen LogP contribution is -2.14. The van der Waals surface area contributed by atoms with E-state index in [4.69, 9.17) is 9.47 Å². The Hall–Kier alpha value is -1.33. The second-order valence-corrected chi connectivity index (χ2v) is 3.51. The first-order chi connectivity index (χ1) is 8.13. The molecule has 0 aliphatic heterocycles. The Morgan fingerprint density at radius 1 is 1.24 bits per heavy atom. The number of carbonyl (C=O) groups is 1. The van der Waals surface area contributed by atoms with Gasteiger partial charge in [0.1, 0.15) is 6.61 Å². The van der Waals surface area contributed by atoms with Crippen LogP contribution in [-0.2, 0) is 20.7 Å². The molecule has 0 radical (unpaired) electrons. The molecule has 0 atom stereocenters. The van der Waals surface area contributed by atoms with Crippen molar-refractivity contribution in [2.24, 2.45) is 0 Å². The fraction of sp³-hybridized carbons (Fsp3) is 0.417. The van der Waals surface area contributed by atoms with Crippen molar-refractivity contribution in [3.8, 4) is 0 Å². The molecule has 0 unspecified atom stereocenters. The number of ketones is 1. The van der Waals surface area contributed by atoms with Gasteiger partial charge in [-0.1, -0.05) is 6.07 Å². The summed E-state index contributed by atoms with van der Waals surface area (Å²) >= 11 is 0. The summed E-state index contributed by atoms with van der Waals surface area (Å²) in [5.41, 5.74) is 0.434. The summed E-state index contributed by atoms with van der Waals surface area (Å²) in [4.78, 5) is 11.4. The molecule has 5 heteroatoms. The molecule has 17 heavy (non-hydrogen) atoms. The van der Waals surface area contributed by atoms with Crippen LogP contribution < -0.4 is 0 Å². The molecule has 94 valence electrons. The molecule has 0 aliphatic rings. The lowest BCUT2D eigenvalue weighted by Gasteiger charge is -2.03. The summed E-state index contributed by atoms with van der Waals surface area (Å²) in [5.74, 6) is -2.06. The third-order valence-corrected chi connectivity index (χ3v) is 2.08. The third kappa shape index (κ3) is 5.01. The number of ether oxygens (including phenoxy) is 2. The van der Waals surface area contributed by atoms with E-state index in [1.807, 2.05) is 0 Å². The molecule has 0 spiro atoms. The van der Waals surface area contributed by atoms with E-state index in [0.717, 1.165) is 12.1 Å². The van der Waals surface area contributed by atoms with Gasteiger partial charge in [0.25, 0.3) is 0 Å². The third-order valence-electron chi connectivity index (χ3n) is 2.08. The molecule has 0 aliphatic carbocycles. The van der Waals surface area contributed by atoms with Crippen LogP contribution in [0.4, 0.5) is 8.78 Å². The van der Waals surface area contributed by atoms with Crippen molar-refractivity contribution < 1.29 is 23.0 Å². The Bertz CT molecular complexity index is 380. The van der Waals surface area contributed by atoms with Gasteiger partial charge in [-0.3, -0.25) is 4.79 Å². The highest BCUT2D eigenvalue weighted by atomic mass is 19.2. The van der Waals surface area contributed by atoms with Gasteiger partial charge in [-0.25, -0.2) is 8.78 Å². The second kappa shape index (κ2) is 7.09. The van der Waals surface area contributed by atoms with Crippen molar-refractivity contribution >= 4 is 5.78 Å². The number of Topliss-reactive ketones (excluding diaryl/α,β-unsaturated/α-hetero) is 1. The first kappa shape index (κ1) is 13.7. The van der Waals surface area contributed by atoms with E-state index in [1.165, 1.54) is 13.2 Å². The van der Waals surface area contributed by atoms with Crippen LogP contribution in [-0.4, -0.2) is 32.7 Å². The first-order valence-corrected chi connectivity index (χ1v) is 5.16. The fourth-order valence-corrected chi connectivity index (χ4v) is 1.26. The Labute approximate surface area is 98.3 Å². The Kier molecular flexibility index (Phi) is 5.72. The summed E-state index contributed by atoms with van der Waals surface area (Å²) in [5, 5.41) is 0. The first-order valence-electron chi connectivity index (χ1n) is 5.16. The lowest BCUT2D eigenvalue weighted by molar-refractivity contribution is -0.123. The zero-order valence-electron chi connectivity index (χ0n) is 9.54. The number of rotatable bonds is 7. The highest BCUT2D eigenvalue weighted by molar-refractivity contribution is 5.82. The number of hydrogen-bond acceptors (Lipinski definition) is 3. The van der Waals surface area contributed by atoms with Crippen molar-refractivity contribution in [3.63, 3.8) is 0 Å². The van der Waals surface area contributed by atoms with Crippen LogP contribution in [0.2, 0.25) is 0 Å². The van der Waals surface area contributed by atoms with E-state index in [9.17, 15) is 13.6 Å². The fourth-order valence-electron chi connectivity index (χ4n) is 1.26. The van der Waals surface area contributed by atoms with Gasteiger partial charge < -0.3 is 9.47 Å². The van der Waals surface area contributed by atoms with Crippen LogP contribution in [0.15, 0.2) is 18.2 Å². The van der Waals surface area contributed by atoms with Gasteiger partial charge in [0, 0.05) is 13.5 Å². The molecule has 0 fully saturated rings. The smallest absolute Gasteiger partial charge is 0.162 e. The second-order valence-electron chi connectivity index (χ2n) is 3.51. The maximum absolute atomic E-state index is 12.8. The topological polar surface area (TPSA) is 35.5 Å². The van der Waals surface area contributed by atoms with E-state index in [-0.39, 0.29) is 18.8 Å². The van der Waals surface area contributed by atoms with Crippen LogP contribution in [0.1, 0.15) is 5.56 Å². The van der Waals surface area contributed by atoms with Crippen molar-refractivity contribution in [1.82, 2.24) is 0 Å². The van der Waals surface area contributed by atoms with E-state index in [1.54, 1.807) is 0 Å². The summed E-state index contributed by atoms with van der Waals surface area (Å²) in [6, 6.07) is 3.40. The average molecular weight is 244 g/mol. The predicted molar refractivity (Wildman–Crippen MR) is 57.8 cm³/mol. The summed E-state index contributed by atoms with van der Waals surface area (Å²) < 4.78 is 35.2. The molecule has 1 aromatic carbocycles. The van der Waals surface area contributed by atoms with E-state index >= 15 is 0 Å². The van der Waals surface area contributed by atoms with Gasteiger partial charge in [0.15, 0.2) is 17.4 Å². The van der Waals surface area contributed by atoms with Gasteiger partial charge in [0.2, 0.25) is 0 Å². The molecule has 0 N–H and O–H groups in total. The number of benzene rings is 1. The Balaban J connectivity index is 2.37. The number of carbonyl (C=O) groups excluding carboxylic acids is 1. The van der Waals surface area contributed by atoms with E-state index in [0.29, 0.717) is 18.8 Å². The Morgan fingerprint density at radius 2 is 2.00 bits per heavy atom. The van der Waals surface area contributed by atoms with Crippen LogP contribution in [0.5, 0.6) is 0 Å². The SMILES string of the molecule is COCCOCC(=O)Cc1ccc(F)c(F)c1. The molecule has 0 bridgehead atoms. The van der Waals surface area contributed by atoms with Gasteiger partial charge in [-0.2, -0.15) is 0 Å². The van der Waals surface area contributed by atoms with Gasteiger partial charge in [-0.15, -0.1) is 0 Å². The van der Waals surface area contributed by atoms with Crippen LogP contribution >= 0.6 is 0 Å². The van der Waals surface area contributed by atoms with E-state index in [2.05, 4.69) is 0 Å². The van der Waals surface area contributed by atoms with Gasteiger partial charge in [-0.05, 0) is 17.7 Å². The highest BCUT2D eigenvalue weighted by Crippen LogP contribution is 2.09. The average Bonchev–Trinajstić information content (AvgIpc) is 2.30. The van der Waals surface area contributed by atoms with Gasteiger partial charge in [0.05, 0.1) is 13.2 Å². The quantitative estimate of drug-likeness (QED) is 0.685. The molecule has 1 aromatic rings. The van der Waals surface area contributed by atoms with Crippen LogP contribution in [0, 0.1) is 11.6 Å². The maximum atomic E-state index is 12.8. The van der Waals surface area contributed by atoms with Crippen molar-refractivity contribution in [3.05, 3.63) is 35.4 Å². The predicted octanol–water partition coefficient (Wildman–Crippen LogP) is 1.74. The minimum Gasteiger partial charge on any atom is -0.382 e. The molecule has 3 nitrogen and oxygen atoms in total. The minimum atomic E-state index is -0.949. The molecule has 0 saturated carbocycles. The molecule has 0 saturated heterocycles. The monoisotopic (exact) mass is 244 g/mol. The Morgan fingerprint density at radius 3 is 2.65 bits per heavy atom. The molecular formula is C12H14F2O3. The highest BCUT2D eigenvalue weighted by Gasteiger charge is 2.07. The lowest BCUT2D eigenvalue weighted by atomic mass is 10.1. The van der Waals surface area contributed by atoms with Crippen LogP contribution in [0.25, 0.3) is 0 Å². The molecule has 0 amide bonds. The van der Waals surface area contributed by atoms with Gasteiger partial charge >= 0.3 is 0 Å². The summed E-state index contributed by atoms with van der Waals surface area (Å²) in [6.45, 7) is 0.695. The zero-order chi connectivity index (χ0) is 12.7. The van der Waals surface area contributed by atoms with E-state index < -0.39 is 11.6 Å². The number of hydrogen-bond donors (Lipinski definition) is 0.